The molecule has 3 aromatic rings. The molecule has 0 saturated heterocycles. The van der Waals surface area contributed by atoms with Crippen LogP contribution in [-0.2, 0) is 9.53 Å². The monoisotopic (exact) mass is 403 g/mol. The maximum absolute atomic E-state index is 12.1. The Balaban J connectivity index is 1.46. The van der Waals surface area contributed by atoms with E-state index in [1.165, 1.54) is 12.1 Å². The lowest BCUT2D eigenvalue weighted by atomic mass is 10.2. The number of hydrogen-bond acceptors (Lipinski definition) is 4. The lowest BCUT2D eigenvalue weighted by Gasteiger charge is -2.09. The molecular formula is C23H21N3O4. The molecule has 152 valence electrons. The van der Waals surface area contributed by atoms with E-state index in [2.05, 4.69) is 16.0 Å². The van der Waals surface area contributed by atoms with Crippen LogP contribution in [0.5, 0.6) is 0 Å². The molecule has 0 heterocycles. The van der Waals surface area contributed by atoms with Gasteiger partial charge in [-0.25, -0.2) is 9.59 Å². The van der Waals surface area contributed by atoms with Crippen molar-refractivity contribution in [1.29, 1.82) is 0 Å². The molecule has 7 heteroatoms. The highest BCUT2D eigenvalue weighted by atomic mass is 16.5. The van der Waals surface area contributed by atoms with Crippen molar-refractivity contribution >= 4 is 35.0 Å². The van der Waals surface area contributed by atoms with Gasteiger partial charge >= 0.3 is 12.0 Å². The number of benzene rings is 3. The van der Waals surface area contributed by atoms with Crippen molar-refractivity contribution in [3.63, 3.8) is 0 Å². The van der Waals surface area contributed by atoms with Gasteiger partial charge in [0.2, 0.25) is 0 Å². The summed E-state index contributed by atoms with van der Waals surface area (Å²) in [6.07, 6.45) is 0. The molecule has 0 radical (unpaired) electrons. The van der Waals surface area contributed by atoms with E-state index in [-0.39, 0.29) is 5.56 Å². The molecule has 0 aromatic heterocycles. The van der Waals surface area contributed by atoms with E-state index in [1.807, 2.05) is 37.3 Å². The first kappa shape index (κ1) is 20.6. The Kier molecular flexibility index (Phi) is 6.78. The molecule has 7 nitrogen and oxygen atoms in total. The van der Waals surface area contributed by atoms with E-state index in [4.69, 9.17) is 4.74 Å². The number of nitrogens with one attached hydrogen (secondary N) is 3. The number of rotatable bonds is 6. The maximum atomic E-state index is 12.1. The van der Waals surface area contributed by atoms with Gasteiger partial charge in [0.05, 0.1) is 5.56 Å². The quantitative estimate of drug-likeness (QED) is 0.530. The Labute approximate surface area is 174 Å². The maximum Gasteiger partial charge on any atom is 0.338 e. The number of para-hydroxylation sites is 1. The molecule has 0 atom stereocenters. The van der Waals surface area contributed by atoms with Gasteiger partial charge in [-0.3, -0.25) is 4.79 Å². The number of carbonyl (C=O) groups is 3. The van der Waals surface area contributed by atoms with E-state index in [9.17, 15) is 14.4 Å². The Morgan fingerprint density at radius 2 is 1.23 bits per heavy atom. The highest BCUT2D eigenvalue weighted by Gasteiger charge is 2.11. The van der Waals surface area contributed by atoms with Gasteiger partial charge in [0.25, 0.3) is 5.91 Å². The van der Waals surface area contributed by atoms with E-state index in [1.54, 1.807) is 36.4 Å². The van der Waals surface area contributed by atoms with Gasteiger partial charge in [0.1, 0.15) is 0 Å². The summed E-state index contributed by atoms with van der Waals surface area (Å²) in [7, 11) is 0. The van der Waals surface area contributed by atoms with Crippen molar-refractivity contribution in [2.45, 2.75) is 6.92 Å². The zero-order valence-electron chi connectivity index (χ0n) is 16.3. The summed E-state index contributed by atoms with van der Waals surface area (Å²) >= 11 is 0. The van der Waals surface area contributed by atoms with E-state index < -0.39 is 24.5 Å². The van der Waals surface area contributed by atoms with Gasteiger partial charge in [0, 0.05) is 17.1 Å². The van der Waals surface area contributed by atoms with E-state index >= 15 is 0 Å². The smallest absolute Gasteiger partial charge is 0.338 e. The fourth-order valence-electron chi connectivity index (χ4n) is 2.55. The van der Waals surface area contributed by atoms with E-state index in [0.717, 1.165) is 5.56 Å². The van der Waals surface area contributed by atoms with Gasteiger partial charge in [-0.05, 0) is 55.5 Å². The molecule has 3 rings (SSSR count). The minimum absolute atomic E-state index is 0.271. The fourth-order valence-corrected chi connectivity index (χ4v) is 2.55. The first-order valence-electron chi connectivity index (χ1n) is 9.26. The van der Waals surface area contributed by atoms with Crippen molar-refractivity contribution in [3.05, 3.63) is 90.0 Å². The molecule has 0 unspecified atom stereocenters. The third-order valence-electron chi connectivity index (χ3n) is 4.08. The zero-order chi connectivity index (χ0) is 21.3. The van der Waals surface area contributed by atoms with Gasteiger partial charge < -0.3 is 20.7 Å². The lowest BCUT2D eigenvalue weighted by Crippen LogP contribution is -2.21. The molecule has 0 aliphatic rings. The second-order valence-corrected chi connectivity index (χ2v) is 6.51. The number of urea groups is 1. The van der Waals surface area contributed by atoms with Gasteiger partial charge in [0.15, 0.2) is 6.61 Å². The molecule has 3 amide bonds. The van der Waals surface area contributed by atoms with Gasteiger partial charge in [-0.15, -0.1) is 0 Å². The van der Waals surface area contributed by atoms with Crippen LogP contribution in [0.1, 0.15) is 15.9 Å². The van der Waals surface area contributed by atoms with Crippen LogP contribution >= 0.6 is 0 Å². The Bertz CT molecular complexity index is 1020. The average Bonchev–Trinajstić information content (AvgIpc) is 2.75. The zero-order valence-corrected chi connectivity index (χ0v) is 16.3. The molecular weight excluding hydrogens is 382 g/mol. The standard InChI is InChI=1S/C23H21N3O4/c1-16-7-11-19(12-8-16)24-21(27)15-30-22(28)17-9-13-20(14-10-17)26-23(29)25-18-5-3-2-4-6-18/h2-14H,15H2,1H3,(H,24,27)(H2,25,26,29). The highest BCUT2D eigenvalue weighted by molar-refractivity contribution is 6.00. The highest BCUT2D eigenvalue weighted by Crippen LogP contribution is 2.13. The van der Waals surface area contributed by atoms with Crippen molar-refractivity contribution in [3.8, 4) is 0 Å². The molecule has 0 bridgehead atoms. The number of ether oxygens (including phenoxy) is 1. The number of amides is 3. The molecule has 30 heavy (non-hydrogen) atoms. The van der Waals surface area contributed by atoms with Crippen molar-refractivity contribution < 1.29 is 19.1 Å². The topological polar surface area (TPSA) is 96.5 Å². The van der Waals surface area contributed by atoms with Crippen molar-refractivity contribution in [2.75, 3.05) is 22.6 Å². The minimum Gasteiger partial charge on any atom is -0.452 e. The molecule has 3 N–H and O–H groups in total. The van der Waals surface area contributed by atoms with Crippen LogP contribution in [-0.4, -0.2) is 24.5 Å². The number of carbonyl (C=O) groups excluding carboxylic acids is 3. The Morgan fingerprint density at radius 3 is 1.87 bits per heavy atom. The van der Waals surface area contributed by atoms with Crippen LogP contribution in [0.4, 0.5) is 21.9 Å². The summed E-state index contributed by atoms with van der Waals surface area (Å²) in [4.78, 5) is 36.0. The summed E-state index contributed by atoms with van der Waals surface area (Å²) in [6.45, 7) is 1.55. The van der Waals surface area contributed by atoms with Crippen LogP contribution in [0.25, 0.3) is 0 Å². The van der Waals surface area contributed by atoms with E-state index in [0.29, 0.717) is 17.1 Å². The number of hydrogen-bond donors (Lipinski definition) is 3. The van der Waals surface area contributed by atoms with Crippen LogP contribution < -0.4 is 16.0 Å². The van der Waals surface area contributed by atoms with Gasteiger partial charge in [-0.2, -0.15) is 0 Å². The summed E-state index contributed by atoms with van der Waals surface area (Å²) < 4.78 is 5.04. The first-order chi connectivity index (χ1) is 14.5. The second kappa shape index (κ2) is 9.88. The second-order valence-electron chi connectivity index (χ2n) is 6.51. The lowest BCUT2D eigenvalue weighted by molar-refractivity contribution is -0.119. The summed E-state index contributed by atoms with van der Waals surface area (Å²) in [5.41, 5.74) is 3.16. The first-order valence-corrected chi connectivity index (χ1v) is 9.26. The van der Waals surface area contributed by atoms with Crippen molar-refractivity contribution in [2.24, 2.45) is 0 Å². The fraction of sp³-hybridized carbons (Fsp3) is 0.0870. The SMILES string of the molecule is Cc1ccc(NC(=O)COC(=O)c2ccc(NC(=O)Nc3ccccc3)cc2)cc1. The predicted octanol–water partition coefficient (Wildman–Crippen LogP) is 4.43. The predicted molar refractivity (Wildman–Crippen MR) is 116 cm³/mol. The Hall–Kier alpha value is -4.13. The largest absolute Gasteiger partial charge is 0.452 e. The third kappa shape index (κ3) is 6.20. The number of anilines is 3. The number of esters is 1. The van der Waals surface area contributed by atoms with Crippen LogP contribution in [0.15, 0.2) is 78.9 Å². The normalized spacial score (nSPS) is 10.0. The van der Waals surface area contributed by atoms with Crippen LogP contribution in [0, 0.1) is 6.92 Å². The van der Waals surface area contributed by atoms with Crippen LogP contribution in [0.3, 0.4) is 0 Å². The van der Waals surface area contributed by atoms with Crippen LogP contribution in [0.2, 0.25) is 0 Å². The average molecular weight is 403 g/mol. The summed E-state index contributed by atoms with van der Waals surface area (Å²) in [5, 5.41) is 8.03. The molecule has 0 aliphatic carbocycles. The number of aryl methyl sites for hydroxylation is 1. The Morgan fingerprint density at radius 1 is 0.700 bits per heavy atom. The molecule has 0 spiro atoms. The third-order valence-corrected chi connectivity index (χ3v) is 4.08. The van der Waals surface area contributed by atoms with Gasteiger partial charge in [-0.1, -0.05) is 35.9 Å². The molecule has 0 aliphatic heterocycles. The summed E-state index contributed by atoms with van der Waals surface area (Å²) in [6, 6.07) is 22.1. The molecule has 0 saturated carbocycles. The molecule has 0 fully saturated rings. The summed E-state index contributed by atoms with van der Waals surface area (Å²) in [5.74, 6) is -1.06. The molecule has 3 aromatic carbocycles. The minimum atomic E-state index is -0.630. The van der Waals surface area contributed by atoms with Crippen molar-refractivity contribution in [1.82, 2.24) is 0 Å².